The van der Waals surface area contributed by atoms with E-state index in [9.17, 15) is 4.79 Å². The Morgan fingerprint density at radius 3 is 2.50 bits per heavy atom. The van der Waals surface area contributed by atoms with E-state index >= 15 is 0 Å². The molecule has 0 atom stereocenters. The van der Waals surface area contributed by atoms with Crippen LogP contribution in [-0.4, -0.2) is 46.7 Å². The summed E-state index contributed by atoms with van der Waals surface area (Å²) in [4.78, 5) is 21.4. The summed E-state index contributed by atoms with van der Waals surface area (Å²) >= 11 is 1.36. The van der Waals surface area contributed by atoms with Gasteiger partial charge in [-0.25, -0.2) is 9.97 Å². The molecule has 0 fully saturated rings. The first-order chi connectivity index (χ1) is 8.49. The highest BCUT2D eigenvalue weighted by Gasteiger charge is 2.06. The first-order valence-corrected chi connectivity index (χ1v) is 6.85. The van der Waals surface area contributed by atoms with Gasteiger partial charge in [-0.3, -0.25) is 4.79 Å². The van der Waals surface area contributed by atoms with E-state index in [0.717, 1.165) is 12.1 Å². The molecule has 1 amide bonds. The SMILES string of the molecule is CC(C)NCc1cnc(SCC(=O)N(C)C)nc1. The summed E-state index contributed by atoms with van der Waals surface area (Å²) in [5, 5.41) is 3.94. The van der Waals surface area contributed by atoms with Gasteiger partial charge in [-0.1, -0.05) is 25.6 Å². The molecule has 0 radical (unpaired) electrons. The van der Waals surface area contributed by atoms with Crippen LogP contribution in [-0.2, 0) is 11.3 Å². The molecule has 0 saturated carbocycles. The van der Waals surface area contributed by atoms with E-state index in [1.54, 1.807) is 31.4 Å². The molecule has 0 aliphatic heterocycles. The van der Waals surface area contributed by atoms with Crippen molar-refractivity contribution in [2.75, 3.05) is 19.8 Å². The molecule has 0 saturated heterocycles. The van der Waals surface area contributed by atoms with E-state index in [-0.39, 0.29) is 5.91 Å². The summed E-state index contributed by atoms with van der Waals surface area (Å²) in [6.07, 6.45) is 3.59. The minimum atomic E-state index is 0.0640. The smallest absolute Gasteiger partial charge is 0.232 e. The van der Waals surface area contributed by atoms with Gasteiger partial charge in [-0.05, 0) is 0 Å². The maximum atomic E-state index is 11.4. The Morgan fingerprint density at radius 1 is 1.39 bits per heavy atom. The number of hydrogen-bond donors (Lipinski definition) is 1. The van der Waals surface area contributed by atoms with Gasteiger partial charge in [0.1, 0.15) is 0 Å². The van der Waals surface area contributed by atoms with E-state index in [1.807, 2.05) is 0 Å². The van der Waals surface area contributed by atoms with Crippen LogP contribution >= 0.6 is 11.8 Å². The molecule has 0 aliphatic carbocycles. The summed E-state index contributed by atoms with van der Waals surface area (Å²) in [6.45, 7) is 4.95. The predicted molar refractivity (Wildman–Crippen MR) is 73.4 cm³/mol. The van der Waals surface area contributed by atoms with Crippen LogP contribution in [0.15, 0.2) is 17.6 Å². The van der Waals surface area contributed by atoms with Gasteiger partial charge in [0.15, 0.2) is 5.16 Å². The minimum Gasteiger partial charge on any atom is -0.348 e. The third kappa shape index (κ3) is 5.46. The predicted octanol–water partition coefficient (Wildman–Crippen LogP) is 1.15. The summed E-state index contributed by atoms with van der Waals surface area (Å²) < 4.78 is 0. The number of carbonyl (C=O) groups is 1. The van der Waals surface area contributed by atoms with Crippen molar-refractivity contribution in [2.45, 2.75) is 31.6 Å². The van der Waals surface area contributed by atoms with Crippen molar-refractivity contribution in [3.63, 3.8) is 0 Å². The van der Waals surface area contributed by atoms with Gasteiger partial charge in [0.25, 0.3) is 0 Å². The second-order valence-electron chi connectivity index (χ2n) is 4.49. The van der Waals surface area contributed by atoms with E-state index in [0.29, 0.717) is 17.0 Å². The van der Waals surface area contributed by atoms with Crippen LogP contribution in [0.3, 0.4) is 0 Å². The molecule has 1 aromatic heterocycles. The second kappa shape index (κ2) is 7.33. The van der Waals surface area contributed by atoms with Crippen LogP contribution in [0.5, 0.6) is 0 Å². The monoisotopic (exact) mass is 268 g/mol. The third-order valence-electron chi connectivity index (χ3n) is 2.22. The van der Waals surface area contributed by atoms with Crippen molar-refractivity contribution in [3.8, 4) is 0 Å². The Balaban J connectivity index is 2.43. The van der Waals surface area contributed by atoms with Crippen LogP contribution in [0.1, 0.15) is 19.4 Å². The molecule has 0 spiro atoms. The fourth-order valence-corrected chi connectivity index (χ4v) is 1.85. The van der Waals surface area contributed by atoms with Crippen molar-refractivity contribution in [1.29, 1.82) is 0 Å². The van der Waals surface area contributed by atoms with Gasteiger partial charge >= 0.3 is 0 Å². The Kier molecular flexibility index (Phi) is 6.07. The third-order valence-corrected chi connectivity index (χ3v) is 3.08. The average Bonchev–Trinajstić information content (AvgIpc) is 2.34. The first-order valence-electron chi connectivity index (χ1n) is 5.86. The molecule has 1 N–H and O–H groups in total. The maximum absolute atomic E-state index is 11.4. The molecule has 1 rings (SSSR count). The van der Waals surface area contributed by atoms with E-state index < -0.39 is 0 Å². The van der Waals surface area contributed by atoms with Crippen LogP contribution in [0.2, 0.25) is 0 Å². The van der Waals surface area contributed by atoms with E-state index in [2.05, 4.69) is 29.1 Å². The highest BCUT2D eigenvalue weighted by Crippen LogP contribution is 2.12. The van der Waals surface area contributed by atoms with Crippen molar-refractivity contribution in [1.82, 2.24) is 20.2 Å². The standard InChI is InChI=1S/C12H20N4OS/c1-9(2)13-5-10-6-14-12(15-7-10)18-8-11(17)16(3)4/h6-7,9,13H,5,8H2,1-4H3. The highest BCUT2D eigenvalue weighted by atomic mass is 32.2. The highest BCUT2D eigenvalue weighted by molar-refractivity contribution is 7.99. The van der Waals surface area contributed by atoms with Gasteiger partial charge in [0, 0.05) is 44.6 Å². The fourth-order valence-electron chi connectivity index (χ4n) is 1.09. The number of nitrogens with zero attached hydrogens (tertiary/aromatic N) is 3. The van der Waals surface area contributed by atoms with Crippen LogP contribution in [0.25, 0.3) is 0 Å². The largest absolute Gasteiger partial charge is 0.348 e. The molecule has 0 aliphatic rings. The van der Waals surface area contributed by atoms with Crippen molar-refractivity contribution in [2.24, 2.45) is 0 Å². The Morgan fingerprint density at radius 2 is 2.00 bits per heavy atom. The average molecular weight is 268 g/mol. The normalized spacial score (nSPS) is 10.7. The quantitative estimate of drug-likeness (QED) is 0.619. The zero-order valence-electron chi connectivity index (χ0n) is 11.3. The first kappa shape index (κ1) is 14.9. The van der Waals surface area contributed by atoms with Gasteiger partial charge in [-0.2, -0.15) is 0 Å². The zero-order chi connectivity index (χ0) is 13.5. The minimum absolute atomic E-state index is 0.0640. The second-order valence-corrected chi connectivity index (χ2v) is 5.43. The molecule has 1 aromatic rings. The Bertz CT molecular complexity index is 378. The van der Waals surface area contributed by atoms with Crippen LogP contribution in [0.4, 0.5) is 0 Å². The van der Waals surface area contributed by atoms with Gasteiger partial charge in [-0.15, -0.1) is 0 Å². The molecule has 18 heavy (non-hydrogen) atoms. The van der Waals surface area contributed by atoms with Gasteiger partial charge in [0.2, 0.25) is 5.91 Å². The number of carbonyl (C=O) groups excluding carboxylic acids is 1. The van der Waals surface area contributed by atoms with E-state index in [4.69, 9.17) is 0 Å². The van der Waals surface area contributed by atoms with Gasteiger partial charge < -0.3 is 10.2 Å². The van der Waals surface area contributed by atoms with Crippen molar-refractivity contribution >= 4 is 17.7 Å². The lowest BCUT2D eigenvalue weighted by Crippen LogP contribution is -2.23. The number of thioether (sulfide) groups is 1. The van der Waals surface area contributed by atoms with Crippen LogP contribution < -0.4 is 5.32 Å². The topological polar surface area (TPSA) is 58.1 Å². The molecule has 0 unspecified atom stereocenters. The Labute approximate surface area is 112 Å². The van der Waals surface area contributed by atoms with Gasteiger partial charge in [0.05, 0.1) is 5.75 Å². The number of aromatic nitrogens is 2. The lowest BCUT2D eigenvalue weighted by atomic mass is 10.3. The van der Waals surface area contributed by atoms with Crippen molar-refractivity contribution in [3.05, 3.63) is 18.0 Å². The molecule has 6 heteroatoms. The fraction of sp³-hybridized carbons (Fsp3) is 0.583. The maximum Gasteiger partial charge on any atom is 0.232 e. The molecule has 100 valence electrons. The molecule has 0 aromatic carbocycles. The number of nitrogens with one attached hydrogen (secondary N) is 1. The van der Waals surface area contributed by atoms with Crippen LogP contribution in [0, 0.1) is 0 Å². The van der Waals surface area contributed by atoms with Crippen molar-refractivity contribution < 1.29 is 4.79 Å². The summed E-state index contributed by atoms with van der Waals surface area (Å²) in [6, 6.07) is 0.441. The number of rotatable bonds is 6. The summed E-state index contributed by atoms with van der Waals surface area (Å²) in [7, 11) is 3.48. The Hall–Kier alpha value is -1.14. The summed E-state index contributed by atoms with van der Waals surface area (Å²) in [5.41, 5.74) is 1.05. The molecular formula is C12H20N4OS. The lowest BCUT2D eigenvalue weighted by Gasteiger charge is -2.09. The summed E-state index contributed by atoms with van der Waals surface area (Å²) in [5.74, 6) is 0.436. The number of amides is 1. The number of hydrogen-bond acceptors (Lipinski definition) is 5. The zero-order valence-corrected chi connectivity index (χ0v) is 12.1. The van der Waals surface area contributed by atoms with E-state index in [1.165, 1.54) is 11.8 Å². The lowest BCUT2D eigenvalue weighted by molar-refractivity contribution is -0.125. The molecule has 1 heterocycles. The molecule has 5 nitrogen and oxygen atoms in total. The molecular weight excluding hydrogens is 248 g/mol. The molecule has 0 bridgehead atoms.